The summed E-state index contributed by atoms with van der Waals surface area (Å²) in [6.45, 7) is 9.63. The molecule has 0 saturated carbocycles. The maximum Gasteiger partial charge on any atom is 0.217 e. The van der Waals surface area contributed by atoms with E-state index in [0.717, 1.165) is 47.9 Å². The quantitative estimate of drug-likeness (QED) is 0.383. The summed E-state index contributed by atoms with van der Waals surface area (Å²) in [7, 11) is 3.55. The Labute approximate surface area is 215 Å². The van der Waals surface area contributed by atoms with Gasteiger partial charge in [-0.15, -0.1) is 0 Å². The molecule has 2 aliphatic rings. The first kappa shape index (κ1) is 26.4. The van der Waals surface area contributed by atoms with E-state index < -0.39 is 0 Å². The van der Waals surface area contributed by atoms with Crippen molar-refractivity contribution in [2.45, 2.75) is 76.7 Å². The summed E-state index contributed by atoms with van der Waals surface area (Å²) < 4.78 is 24.3. The number of aliphatic imine (C=N–C) groups is 2. The minimum absolute atomic E-state index is 0.0376. The Hall–Kier alpha value is -2.70. The second-order valence-corrected chi connectivity index (χ2v) is 9.57. The van der Waals surface area contributed by atoms with Gasteiger partial charge >= 0.3 is 0 Å². The van der Waals surface area contributed by atoms with Gasteiger partial charge in [0.15, 0.2) is 0 Å². The Morgan fingerprint density at radius 2 is 0.972 bits per heavy atom. The van der Waals surface area contributed by atoms with Crippen LogP contribution in [0, 0.1) is 0 Å². The van der Waals surface area contributed by atoms with Gasteiger partial charge in [0.25, 0.3) is 0 Å². The monoisotopic (exact) mass is 492 g/mol. The molecule has 2 heterocycles. The van der Waals surface area contributed by atoms with Gasteiger partial charge in [-0.2, -0.15) is 0 Å². The summed E-state index contributed by atoms with van der Waals surface area (Å²) in [6.07, 6.45) is 3.52. The number of benzene rings is 2. The van der Waals surface area contributed by atoms with Gasteiger partial charge in [-0.05, 0) is 48.9 Å². The Bertz CT molecular complexity index is 998. The lowest BCUT2D eigenvalue weighted by Crippen LogP contribution is -2.43. The predicted octanol–water partition coefficient (Wildman–Crippen LogP) is 6.05. The van der Waals surface area contributed by atoms with Crippen molar-refractivity contribution in [1.82, 2.24) is 0 Å². The van der Waals surface area contributed by atoms with E-state index in [4.69, 9.17) is 28.9 Å². The van der Waals surface area contributed by atoms with E-state index in [1.165, 1.54) is 0 Å². The highest BCUT2D eigenvalue weighted by atomic mass is 16.5. The van der Waals surface area contributed by atoms with E-state index in [1.807, 2.05) is 24.3 Å². The molecule has 0 fully saturated rings. The van der Waals surface area contributed by atoms with Crippen LogP contribution in [-0.4, -0.2) is 62.5 Å². The number of ether oxygens (including phenoxy) is 4. The lowest BCUT2D eigenvalue weighted by atomic mass is 9.89. The Morgan fingerprint density at radius 1 is 0.639 bits per heavy atom. The van der Waals surface area contributed by atoms with Crippen molar-refractivity contribution in [3.8, 4) is 11.1 Å². The van der Waals surface area contributed by atoms with Gasteiger partial charge in [0.1, 0.15) is 25.3 Å². The summed E-state index contributed by atoms with van der Waals surface area (Å²) in [5, 5.41) is 0. The van der Waals surface area contributed by atoms with Crippen LogP contribution in [0.5, 0.6) is 0 Å². The second kappa shape index (κ2) is 11.1. The van der Waals surface area contributed by atoms with E-state index in [9.17, 15) is 0 Å². The molecule has 2 aromatic carbocycles. The molecule has 0 amide bonds. The molecular weight excluding hydrogens is 452 g/mol. The van der Waals surface area contributed by atoms with Crippen molar-refractivity contribution in [3.05, 3.63) is 59.7 Å². The predicted molar refractivity (Wildman–Crippen MR) is 145 cm³/mol. The summed E-state index contributed by atoms with van der Waals surface area (Å²) in [5.74, 6) is 1.33. The highest BCUT2D eigenvalue weighted by Gasteiger charge is 2.41. The van der Waals surface area contributed by atoms with Gasteiger partial charge in [0, 0.05) is 25.3 Å². The van der Waals surface area contributed by atoms with Gasteiger partial charge < -0.3 is 18.9 Å². The number of methoxy groups -OCH3 is 2. The molecule has 0 spiro atoms. The lowest BCUT2D eigenvalue weighted by Gasteiger charge is -2.33. The van der Waals surface area contributed by atoms with Crippen LogP contribution in [0.2, 0.25) is 0 Å². The number of hydrogen-bond acceptors (Lipinski definition) is 6. The molecule has 6 heteroatoms. The lowest BCUT2D eigenvalue weighted by molar-refractivity contribution is -0.0414. The third-order valence-electron chi connectivity index (χ3n) is 8.33. The summed E-state index contributed by atoms with van der Waals surface area (Å²) in [6, 6.07) is 16.4. The fourth-order valence-corrected chi connectivity index (χ4v) is 5.68. The first-order valence-electron chi connectivity index (χ1n) is 13.2. The van der Waals surface area contributed by atoms with Crippen LogP contribution in [0.4, 0.5) is 0 Å². The molecule has 0 aromatic heterocycles. The van der Waals surface area contributed by atoms with Crippen LogP contribution in [0.15, 0.2) is 58.5 Å². The highest BCUT2D eigenvalue weighted by Crippen LogP contribution is 2.36. The summed E-state index contributed by atoms with van der Waals surface area (Å²) in [4.78, 5) is 10.1. The van der Waals surface area contributed by atoms with E-state index in [2.05, 4.69) is 52.0 Å². The molecule has 6 nitrogen and oxygen atoms in total. The average Bonchev–Trinajstić information content (AvgIpc) is 3.63. The minimum Gasteiger partial charge on any atom is -0.475 e. The maximum atomic E-state index is 6.19. The van der Waals surface area contributed by atoms with Gasteiger partial charge in [-0.25, -0.2) is 9.98 Å². The second-order valence-electron chi connectivity index (χ2n) is 9.57. The molecule has 4 rings (SSSR count). The van der Waals surface area contributed by atoms with E-state index in [0.29, 0.717) is 25.0 Å². The third kappa shape index (κ3) is 4.57. The van der Waals surface area contributed by atoms with Gasteiger partial charge in [-0.3, -0.25) is 0 Å². The zero-order chi connectivity index (χ0) is 25.8. The molecule has 0 aliphatic carbocycles. The molecule has 0 radical (unpaired) electrons. The van der Waals surface area contributed by atoms with Crippen molar-refractivity contribution in [1.29, 1.82) is 0 Å². The van der Waals surface area contributed by atoms with Gasteiger partial charge in [-0.1, -0.05) is 64.1 Å². The Morgan fingerprint density at radius 3 is 1.28 bits per heavy atom. The van der Waals surface area contributed by atoms with Crippen molar-refractivity contribution >= 4 is 11.8 Å². The number of rotatable bonds is 11. The number of hydrogen-bond donors (Lipinski definition) is 0. The Kier molecular flexibility index (Phi) is 8.16. The van der Waals surface area contributed by atoms with Crippen LogP contribution in [0.25, 0.3) is 11.1 Å². The molecule has 2 aromatic rings. The van der Waals surface area contributed by atoms with Crippen LogP contribution in [0.3, 0.4) is 0 Å². The normalized spacial score (nSPS) is 20.1. The van der Waals surface area contributed by atoms with Crippen molar-refractivity contribution in [2.24, 2.45) is 9.98 Å². The molecule has 2 atom stereocenters. The van der Waals surface area contributed by atoms with E-state index >= 15 is 0 Å². The van der Waals surface area contributed by atoms with Crippen molar-refractivity contribution in [3.63, 3.8) is 0 Å². The first-order valence-corrected chi connectivity index (χ1v) is 13.2. The summed E-state index contributed by atoms with van der Waals surface area (Å²) in [5.41, 5.74) is 3.39. The van der Waals surface area contributed by atoms with Gasteiger partial charge in [0.05, 0.1) is 11.2 Å². The average molecular weight is 493 g/mol. The van der Waals surface area contributed by atoms with Crippen LogP contribution in [0.1, 0.15) is 64.5 Å². The first-order chi connectivity index (χ1) is 17.5. The topological polar surface area (TPSA) is 61.6 Å². The number of nitrogens with zero attached hydrogens (tertiary/aromatic N) is 2. The molecule has 0 bridgehead atoms. The smallest absolute Gasteiger partial charge is 0.217 e. The van der Waals surface area contributed by atoms with Crippen molar-refractivity contribution in [2.75, 3.05) is 27.4 Å². The van der Waals surface area contributed by atoms with Crippen LogP contribution < -0.4 is 0 Å². The minimum atomic E-state index is -0.317. The fraction of sp³-hybridized carbons (Fsp3) is 0.533. The van der Waals surface area contributed by atoms with Gasteiger partial charge in [0.2, 0.25) is 11.8 Å². The summed E-state index contributed by atoms with van der Waals surface area (Å²) >= 11 is 0. The molecule has 36 heavy (non-hydrogen) atoms. The SMILES string of the molecule is CCC(CC)(OC)[C@@H]1COC(c2ccccc2-c2ccccc2C2=N[C@H](C(CC)(CC)OC)CO2)=N1. The molecular formula is C30H40N2O4. The van der Waals surface area contributed by atoms with E-state index in [1.54, 1.807) is 14.2 Å². The molecule has 0 saturated heterocycles. The van der Waals surface area contributed by atoms with Crippen molar-refractivity contribution < 1.29 is 18.9 Å². The van der Waals surface area contributed by atoms with E-state index in [-0.39, 0.29) is 23.3 Å². The molecule has 194 valence electrons. The third-order valence-corrected chi connectivity index (χ3v) is 8.33. The van der Waals surface area contributed by atoms with Crippen LogP contribution >= 0.6 is 0 Å². The fourth-order valence-electron chi connectivity index (χ4n) is 5.68. The Balaban J connectivity index is 1.73. The van der Waals surface area contributed by atoms with Crippen LogP contribution in [-0.2, 0) is 18.9 Å². The largest absolute Gasteiger partial charge is 0.475 e. The zero-order valence-electron chi connectivity index (χ0n) is 22.5. The molecule has 0 unspecified atom stereocenters. The molecule has 0 N–H and O–H groups in total. The maximum absolute atomic E-state index is 6.19. The standard InChI is InChI=1S/C30H40N2O4/c1-7-29(8-2,33-5)25-19-35-27(31-25)23-17-13-11-15-21(23)22-16-12-14-18-24(22)28-32-26(20-36-28)30(9-3,10-4)34-6/h11-18,25-26H,7-10,19-20H2,1-6H3/t25-,26-/m0/s1. The molecule has 2 aliphatic heterocycles. The zero-order valence-corrected chi connectivity index (χ0v) is 22.5. The highest BCUT2D eigenvalue weighted by molar-refractivity contribution is 6.07.